The summed E-state index contributed by atoms with van der Waals surface area (Å²) in [5.74, 6) is -0.898. The van der Waals surface area contributed by atoms with Gasteiger partial charge in [0, 0.05) is 22.5 Å². The molecule has 2 aromatic carbocycles. The lowest BCUT2D eigenvalue weighted by molar-refractivity contribution is -0.116. The molecule has 0 fully saturated rings. The number of ether oxygens (including phenoxy) is 1. The molecule has 0 saturated carbocycles. The molecule has 0 spiro atoms. The van der Waals surface area contributed by atoms with Gasteiger partial charge in [-0.1, -0.05) is 48.5 Å². The van der Waals surface area contributed by atoms with E-state index in [4.69, 9.17) is 4.74 Å². The average Bonchev–Trinajstić information content (AvgIpc) is 3.20. The molecular formula is C24H20N2O4S. The lowest BCUT2D eigenvalue weighted by Gasteiger charge is -2.10. The van der Waals surface area contributed by atoms with Gasteiger partial charge in [-0.15, -0.1) is 11.3 Å². The zero-order valence-corrected chi connectivity index (χ0v) is 17.6. The van der Waals surface area contributed by atoms with Gasteiger partial charge in [-0.25, -0.2) is 4.79 Å². The Morgan fingerprint density at radius 2 is 1.77 bits per heavy atom. The summed E-state index contributed by atoms with van der Waals surface area (Å²) in [6, 6.07) is 18.5. The van der Waals surface area contributed by atoms with Crippen LogP contribution in [0.3, 0.4) is 0 Å². The molecule has 4 rings (SSSR count). The third kappa shape index (κ3) is 4.27. The van der Waals surface area contributed by atoms with Crippen LogP contribution in [-0.4, -0.2) is 23.1 Å². The predicted molar refractivity (Wildman–Crippen MR) is 123 cm³/mol. The van der Waals surface area contributed by atoms with Crippen molar-refractivity contribution in [2.45, 2.75) is 13.5 Å². The Hall–Kier alpha value is -3.71. The highest BCUT2D eigenvalue weighted by atomic mass is 32.1. The number of nitrogens with zero attached hydrogens (tertiary/aromatic N) is 1. The average molecular weight is 433 g/mol. The van der Waals surface area contributed by atoms with Crippen LogP contribution in [-0.2, 0) is 16.1 Å². The first kappa shape index (κ1) is 20.6. The van der Waals surface area contributed by atoms with Crippen LogP contribution in [0.25, 0.3) is 21.9 Å². The van der Waals surface area contributed by atoms with Crippen molar-refractivity contribution in [3.8, 4) is 11.1 Å². The Balaban J connectivity index is 1.62. The number of anilines is 1. The van der Waals surface area contributed by atoms with Crippen molar-refractivity contribution in [3.63, 3.8) is 0 Å². The molecule has 1 amide bonds. The van der Waals surface area contributed by atoms with E-state index in [9.17, 15) is 14.4 Å². The number of carbonyl (C=O) groups excluding carboxylic acids is 2. The molecule has 2 aromatic heterocycles. The topological polar surface area (TPSA) is 77.4 Å². The number of aromatic nitrogens is 1. The van der Waals surface area contributed by atoms with Crippen LogP contribution in [0, 0.1) is 0 Å². The van der Waals surface area contributed by atoms with Crippen molar-refractivity contribution in [1.82, 2.24) is 4.57 Å². The molecule has 0 radical (unpaired) electrons. The van der Waals surface area contributed by atoms with Gasteiger partial charge in [0.25, 0.3) is 5.56 Å². The fourth-order valence-corrected chi connectivity index (χ4v) is 4.33. The predicted octanol–water partition coefficient (Wildman–Crippen LogP) is 4.55. The molecular weight excluding hydrogens is 412 g/mol. The van der Waals surface area contributed by atoms with Crippen LogP contribution in [0.2, 0.25) is 0 Å². The van der Waals surface area contributed by atoms with Crippen molar-refractivity contribution in [1.29, 1.82) is 0 Å². The molecule has 6 nitrogen and oxygen atoms in total. The summed E-state index contributed by atoms with van der Waals surface area (Å²) in [4.78, 5) is 38.0. The Morgan fingerprint density at radius 3 is 2.55 bits per heavy atom. The third-order valence-corrected chi connectivity index (χ3v) is 5.70. The maximum absolute atomic E-state index is 12.7. The number of amides is 1. The number of fused-ring (bicyclic) bond motifs is 1. The minimum absolute atomic E-state index is 0.162. The molecule has 0 atom stereocenters. The number of esters is 1. The maximum Gasteiger partial charge on any atom is 0.341 e. The van der Waals surface area contributed by atoms with Crippen molar-refractivity contribution in [3.05, 3.63) is 88.2 Å². The van der Waals surface area contributed by atoms with Gasteiger partial charge in [0.05, 0.1) is 6.61 Å². The molecule has 2 heterocycles. The van der Waals surface area contributed by atoms with Crippen LogP contribution in [0.4, 0.5) is 5.00 Å². The fraction of sp³-hybridized carbons (Fsp3) is 0.125. The second-order valence-corrected chi connectivity index (χ2v) is 7.70. The molecule has 0 unspecified atom stereocenters. The van der Waals surface area contributed by atoms with Gasteiger partial charge in [-0.2, -0.15) is 0 Å². The van der Waals surface area contributed by atoms with Crippen LogP contribution in [0.1, 0.15) is 17.3 Å². The SMILES string of the molecule is CCOC(=O)c1c(-c2ccccc2)csc1NC(=O)Cn1ccc2ccccc2c1=O. The minimum atomic E-state index is -0.499. The number of hydrogen-bond donors (Lipinski definition) is 1. The third-order valence-electron chi connectivity index (χ3n) is 4.81. The highest BCUT2D eigenvalue weighted by Crippen LogP contribution is 2.36. The number of carbonyl (C=O) groups is 2. The van der Waals surface area contributed by atoms with Crippen LogP contribution in [0.5, 0.6) is 0 Å². The molecule has 4 aromatic rings. The van der Waals surface area contributed by atoms with Gasteiger partial charge in [-0.05, 0) is 30.0 Å². The normalized spacial score (nSPS) is 10.7. The number of hydrogen-bond acceptors (Lipinski definition) is 5. The largest absolute Gasteiger partial charge is 0.462 e. The van der Waals surface area contributed by atoms with E-state index in [2.05, 4.69) is 5.32 Å². The summed E-state index contributed by atoms with van der Waals surface area (Å²) < 4.78 is 6.57. The van der Waals surface area contributed by atoms with E-state index in [0.29, 0.717) is 21.5 Å². The van der Waals surface area contributed by atoms with Crippen molar-refractivity contribution in [2.75, 3.05) is 11.9 Å². The number of pyridine rings is 1. The smallest absolute Gasteiger partial charge is 0.341 e. The van der Waals surface area contributed by atoms with Gasteiger partial charge in [0.2, 0.25) is 5.91 Å². The first-order valence-corrected chi connectivity index (χ1v) is 10.7. The molecule has 31 heavy (non-hydrogen) atoms. The fourth-order valence-electron chi connectivity index (χ4n) is 3.36. The van der Waals surface area contributed by atoms with Gasteiger partial charge in [-0.3, -0.25) is 9.59 Å². The van der Waals surface area contributed by atoms with Crippen LogP contribution in [0.15, 0.2) is 77.0 Å². The molecule has 0 aliphatic carbocycles. The van der Waals surface area contributed by atoms with Gasteiger partial charge in [0.1, 0.15) is 17.1 Å². The summed E-state index contributed by atoms with van der Waals surface area (Å²) in [5, 5.41) is 6.37. The quantitative estimate of drug-likeness (QED) is 0.454. The molecule has 0 saturated heterocycles. The first-order valence-electron chi connectivity index (χ1n) is 9.80. The lowest BCUT2D eigenvalue weighted by Crippen LogP contribution is -2.27. The van der Waals surface area contributed by atoms with E-state index in [1.165, 1.54) is 15.9 Å². The Bertz CT molecular complexity index is 1310. The van der Waals surface area contributed by atoms with Crippen molar-refractivity contribution >= 4 is 39.0 Å². The van der Waals surface area contributed by atoms with E-state index in [0.717, 1.165) is 10.9 Å². The minimum Gasteiger partial charge on any atom is -0.462 e. The Labute approximate surface area is 182 Å². The summed E-state index contributed by atoms with van der Waals surface area (Å²) in [6.45, 7) is 1.80. The second-order valence-electron chi connectivity index (χ2n) is 6.82. The van der Waals surface area contributed by atoms with E-state index < -0.39 is 11.9 Å². The number of nitrogens with one attached hydrogen (secondary N) is 1. The molecule has 0 bridgehead atoms. The summed E-state index contributed by atoms with van der Waals surface area (Å²) in [6.07, 6.45) is 1.60. The monoisotopic (exact) mass is 432 g/mol. The zero-order chi connectivity index (χ0) is 21.8. The molecule has 7 heteroatoms. The number of rotatable bonds is 6. The van der Waals surface area contributed by atoms with Crippen LogP contribution >= 0.6 is 11.3 Å². The molecule has 0 aliphatic rings. The Kier molecular flexibility index (Phi) is 5.95. The lowest BCUT2D eigenvalue weighted by atomic mass is 10.0. The second kappa shape index (κ2) is 8.97. The summed E-state index contributed by atoms with van der Waals surface area (Å²) in [7, 11) is 0. The van der Waals surface area contributed by atoms with E-state index in [1.54, 1.807) is 31.3 Å². The van der Waals surface area contributed by atoms with Crippen molar-refractivity contribution in [2.24, 2.45) is 0 Å². The molecule has 1 N–H and O–H groups in total. The van der Waals surface area contributed by atoms with Gasteiger partial charge >= 0.3 is 5.97 Å². The summed E-state index contributed by atoms with van der Waals surface area (Å²) >= 11 is 1.25. The van der Waals surface area contributed by atoms with Crippen LogP contribution < -0.4 is 10.9 Å². The van der Waals surface area contributed by atoms with E-state index >= 15 is 0 Å². The highest BCUT2D eigenvalue weighted by molar-refractivity contribution is 7.15. The molecule has 0 aliphatic heterocycles. The number of thiophene rings is 1. The maximum atomic E-state index is 12.7. The first-order chi connectivity index (χ1) is 15.1. The number of benzene rings is 2. The zero-order valence-electron chi connectivity index (χ0n) is 16.8. The Morgan fingerprint density at radius 1 is 1.03 bits per heavy atom. The van der Waals surface area contributed by atoms with E-state index in [-0.39, 0.29) is 18.7 Å². The van der Waals surface area contributed by atoms with E-state index in [1.807, 2.05) is 47.8 Å². The summed E-state index contributed by atoms with van der Waals surface area (Å²) in [5.41, 5.74) is 1.63. The van der Waals surface area contributed by atoms with Gasteiger partial charge < -0.3 is 14.6 Å². The van der Waals surface area contributed by atoms with Gasteiger partial charge in [0.15, 0.2) is 0 Å². The molecule has 156 valence electrons. The highest BCUT2D eigenvalue weighted by Gasteiger charge is 2.23. The van der Waals surface area contributed by atoms with Crippen molar-refractivity contribution < 1.29 is 14.3 Å². The standard InChI is InChI=1S/C24H20N2O4S/c1-2-30-24(29)21-19(16-8-4-3-5-9-16)15-31-22(21)25-20(27)14-26-13-12-17-10-6-7-11-18(17)23(26)28/h3-13,15H,2,14H2,1H3,(H,25,27).